The second kappa shape index (κ2) is 6.23. The van der Waals surface area contributed by atoms with Gasteiger partial charge in [0, 0.05) is 21.1 Å². The van der Waals surface area contributed by atoms with Crippen molar-refractivity contribution in [3.05, 3.63) is 62.2 Å². The van der Waals surface area contributed by atoms with Crippen LogP contribution < -0.4 is 10.1 Å². The summed E-state index contributed by atoms with van der Waals surface area (Å²) in [4.78, 5) is 12.4. The molecule has 2 aromatic rings. The molecular weight excluding hydrogens is 401 g/mol. The fourth-order valence-corrected chi connectivity index (χ4v) is 2.89. The van der Waals surface area contributed by atoms with Gasteiger partial charge in [0.15, 0.2) is 0 Å². The van der Waals surface area contributed by atoms with Crippen molar-refractivity contribution in [2.24, 2.45) is 0 Å². The maximum absolute atomic E-state index is 12.4. The molecule has 1 amide bonds. The molecule has 1 unspecified atom stereocenters. The number of rotatable bonds is 2. The number of carbonyl (C=O) groups excluding carboxylic acids is 1. The number of hydrogen-bond donors (Lipinski definition) is 1. The fraction of sp³-hybridized carbons (Fsp3) is 0.188. The van der Waals surface area contributed by atoms with Crippen molar-refractivity contribution in [2.45, 2.75) is 12.5 Å². The zero-order valence-electron chi connectivity index (χ0n) is 11.1. The highest BCUT2D eigenvalue weighted by molar-refractivity contribution is 14.1. The summed E-state index contributed by atoms with van der Waals surface area (Å²) >= 11 is 8.21. The average Bonchev–Trinajstić information content (AvgIpc) is 2.50. The minimum absolute atomic E-state index is 0.0273. The third-order valence-electron chi connectivity index (χ3n) is 3.45. The van der Waals surface area contributed by atoms with Gasteiger partial charge in [0.25, 0.3) is 5.91 Å². The quantitative estimate of drug-likeness (QED) is 0.750. The van der Waals surface area contributed by atoms with E-state index in [2.05, 4.69) is 27.9 Å². The van der Waals surface area contributed by atoms with Crippen molar-refractivity contribution < 1.29 is 9.53 Å². The minimum Gasteiger partial charge on any atom is -0.493 e. The number of benzene rings is 2. The molecule has 0 aliphatic carbocycles. The molecule has 1 N–H and O–H groups in total. The molecule has 0 saturated carbocycles. The lowest BCUT2D eigenvalue weighted by Crippen LogP contribution is -2.32. The lowest BCUT2D eigenvalue weighted by molar-refractivity contribution is 0.0925. The Kier molecular flexibility index (Phi) is 4.35. The van der Waals surface area contributed by atoms with Crippen LogP contribution in [0.15, 0.2) is 42.5 Å². The summed E-state index contributed by atoms with van der Waals surface area (Å²) in [5.41, 5.74) is 1.60. The Morgan fingerprint density at radius 3 is 2.90 bits per heavy atom. The molecule has 3 nitrogen and oxygen atoms in total. The fourth-order valence-electron chi connectivity index (χ4n) is 2.37. The largest absolute Gasteiger partial charge is 0.493 e. The van der Waals surface area contributed by atoms with E-state index in [4.69, 9.17) is 16.3 Å². The van der Waals surface area contributed by atoms with Gasteiger partial charge in [0.2, 0.25) is 0 Å². The molecular formula is C16H13ClINO2. The van der Waals surface area contributed by atoms with E-state index >= 15 is 0 Å². The van der Waals surface area contributed by atoms with Crippen molar-refractivity contribution >= 4 is 40.1 Å². The van der Waals surface area contributed by atoms with E-state index < -0.39 is 0 Å². The van der Waals surface area contributed by atoms with Crippen molar-refractivity contribution in [2.75, 3.05) is 6.61 Å². The molecule has 0 aromatic heterocycles. The molecule has 5 heteroatoms. The van der Waals surface area contributed by atoms with E-state index in [1.165, 1.54) is 0 Å². The standard InChI is InChI=1S/C16H13ClINO2/c17-12-9-10(5-6-13(12)18)16(20)19-14-7-8-21-15-4-2-1-3-11(14)15/h1-6,9,14H,7-8H2,(H,19,20). The summed E-state index contributed by atoms with van der Waals surface area (Å²) in [6.07, 6.45) is 0.765. The molecule has 1 heterocycles. The molecule has 0 radical (unpaired) electrons. The van der Waals surface area contributed by atoms with E-state index in [1.807, 2.05) is 30.3 Å². The zero-order chi connectivity index (χ0) is 14.8. The highest BCUT2D eigenvalue weighted by Crippen LogP contribution is 2.31. The molecule has 3 rings (SSSR count). The number of amides is 1. The van der Waals surface area contributed by atoms with Gasteiger partial charge >= 0.3 is 0 Å². The highest BCUT2D eigenvalue weighted by atomic mass is 127. The lowest BCUT2D eigenvalue weighted by Gasteiger charge is -2.26. The van der Waals surface area contributed by atoms with Crippen molar-refractivity contribution in [3.8, 4) is 5.75 Å². The Labute approximate surface area is 141 Å². The second-order valence-electron chi connectivity index (χ2n) is 4.83. The van der Waals surface area contributed by atoms with Crippen LogP contribution in [0.25, 0.3) is 0 Å². The summed E-state index contributed by atoms with van der Waals surface area (Å²) in [6, 6.07) is 13.1. The van der Waals surface area contributed by atoms with E-state index in [0.717, 1.165) is 21.3 Å². The number of hydrogen-bond acceptors (Lipinski definition) is 2. The summed E-state index contributed by atoms with van der Waals surface area (Å²) in [7, 11) is 0. The first kappa shape index (κ1) is 14.7. The number of fused-ring (bicyclic) bond motifs is 1. The first-order valence-electron chi connectivity index (χ1n) is 6.63. The maximum atomic E-state index is 12.4. The second-order valence-corrected chi connectivity index (χ2v) is 6.40. The van der Waals surface area contributed by atoms with Crippen molar-refractivity contribution in [1.29, 1.82) is 0 Å². The van der Waals surface area contributed by atoms with Crippen molar-refractivity contribution in [1.82, 2.24) is 5.32 Å². The summed E-state index contributed by atoms with van der Waals surface area (Å²) in [6.45, 7) is 0.607. The van der Waals surface area contributed by atoms with Crippen LogP contribution in [0.5, 0.6) is 5.75 Å². The van der Waals surface area contributed by atoms with E-state index in [0.29, 0.717) is 17.2 Å². The zero-order valence-corrected chi connectivity index (χ0v) is 14.0. The SMILES string of the molecule is O=C(NC1CCOc2ccccc21)c1ccc(I)c(Cl)c1. The maximum Gasteiger partial charge on any atom is 0.251 e. The van der Waals surface area contributed by atoms with Gasteiger partial charge in [-0.1, -0.05) is 29.8 Å². The third-order valence-corrected chi connectivity index (χ3v) is 5.02. The van der Waals surface area contributed by atoms with Gasteiger partial charge in [-0.15, -0.1) is 0 Å². The molecule has 0 bridgehead atoms. The van der Waals surface area contributed by atoms with Gasteiger partial charge < -0.3 is 10.1 Å². The van der Waals surface area contributed by atoms with E-state index in [-0.39, 0.29) is 11.9 Å². The number of para-hydroxylation sites is 1. The van der Waals surface area contributed by atoms with Crippen LogP contribution in [0.3, 0.4) is 0 Å². The minimum atomic E-state index is -0.116. The van der Waals surface area contributed by atoms with Gasteiger partial charge in [0.1, 0.15) is 5.75 Å². The smallest absolute Gasteiger partial charge is 0.251 e. The number of halogens is 2. The van der Waals surface area contributed by atoms with Crippen LogP contribution in [0.2, 0.25) is 5.02 Å². The van der Waals surface area contributed by atoms with Gasteiger partial charge in [-0.25, -0.2) is 0 Å². The van der Waals surface area contributed by atoms with Crippen LogP contribution in [-0.4, -0.2) is 12.5 Å². The molecule has 0 spiro atoms. The van der Waals surface area contributed by atoms with Crippen LogP contribution in [0.1, 0.15) is 28.4 Å². The predicted molar refractivity (Wildman–Crippen MR) is 90.9 cm³/mol. The highest BCUT2D eigenvalue weighted by Gasteiger charge is 2.23. The van der Waals surface area contributed by atoms with E-state index in [1.54, 1.807) is 12.1 Å². The first-order chi connectivity index (χ1) is 10.1. The Balaban J connectivity index is 1.81. The third kappa shape index (κ3) is 3.16. The summed E-state index contributed by atoms with van der Waals surface area (Å²) < 4.78 is 6.54. The van der Waals surface area contributed by atoms with Crippen LogP contribution in [0.4, 0.5) is 0 Å². The molecule has 1 atom stereocenters. The predicted octanol–water partition coefficient (Wildman–Crippen LogP) is 4.20. The van der Waals surface area contributed by atoms with Crippen LogP contribution >= 0.6 is 34.2 Å². The van der Waals surface area contributed by atoms with Crippen LogP contribution in [-0.2, 0) is 0 Å². The van der Waals surface area contributed by atoms with Crippen LogP contribution in [0, 0.1) is 3.57 Å². The van der Waals surface area contributed by atoms with Gasteiger partial charge in [-0.05, 0) is 46.9 Å². The molecule has 1 aliphatic rings. The Morgan fingerprint density at radius 2 is 2.10 bits per heavy atom. The molecule has 0 saturated heterocycles. The Bertz CT molecular complexity index is 690. The number of nitrogens with one attached hydrogen (secondary N) is 1. The van der Waals surface area contributed by atoms with Gasteiger partial charge in [-0.3, -0.25) is 4.79 Å². The number of carbonyl (C=O) groups is 1. The lowest BCUT2D eigenvalue weighted by atomic mass is 10.00. The number of ether oxygens (including phenoxy) is 1. The monoisotopic (exact) mass is 413 g/mol. The van der Waals surface area contributed by atoms with Gasteiger partial charge in [-0.2, -0.15) is 0 Å². The first-order valence-corrected chi connectivity index (χ1v) is 8.08. The topological polar surface area (TPSA) is 38.3 Å². The molecule has 2 aromatic carbocycles. The Morgan fingerprint density at radius 1 is 1.29 bits per heavy atom. The Hall–Kier alpha value is -1.27. The normalized spacial score (nSPS) is 16.8. The summed E-state index contributed by atoms with van der Waals surface area (Å²) in [5.74, 6) is 0.727. The molecule has 21 heavy (non-hydrogen) atoms. The average molecular weight is 414 g/mol. The van der Waals surface area contributed by atoms with Gasteiger partial charge in [0.05, 0.1) is 17.7 Å². The van der Waals surface area contributed by atoms with E-state index in [9.17, 15) is 4.79 Å². The molecule has 108 valence electrons. The molecule has 0 fully saturated rings. The molecule has 1 aliphatic heterocycles. The van der Waals surface area contributed by atoms with Crippen molar-refractivity contribution in [3.63, 3.8) is 0 Å². The summed E-state index contributed by atoms with van der Waals surface area (Å²) in [5, 5.41) is 3.65.